The van der Waals surface area contributed by atoms with Gasteiger partial charge in [0.05, 0.1) is 12.6 Å². The van der Waals surface area contributed by atoms with Crippen LogP contribution in [0.2, 0.25) is 0 Å². The van der Waals surface area contributed by atoms with Crippen LogP contribution in [0.1, 0.15) is 59.6 Å². The quantitative estimate of drug-likeness (QED) is 0.610. The average Bonchev–Trinajstić information content (AvgIpc) is 2.66. The van der Waals surface area contributed by atoms with Crippen LogP contribution in [0.3, 0.4) is 0 Å². The standard InChI is InChI=1S/C26H37NO2/c1-9-20-16-22(29-8)14-15-23(20)21-12-10-19(11-13-21)17-26(7,27-18(2)3)24(28)25(4,5)6/h10-16,18,27H,9,17H2,1-8H3. The SMILES string of the molecule is CCc1cc(OC)ccc1-c1ccc(CC(C)(NC(C)C)C(=O)C(C)(C)C)cc1. The van der Waals surface area contributed by atoms with Crippen LogP contribution in [-0.2, 0) is 17.6 Å². The first-order chi connectivity index (χ1) is 13.5. The highest BCUT2D eigenvalue weighted by atomic mass is 16.5. The van der Waals surface area contributed by atoms with E-state index in [0.717, 1.165) is 17.7 Å². The van der Waals surface area contributed by atoms with Gasteiger partial charge < -0.3 is 10.1 Å². The monoisotopic (exact) mass is 395 g/mol. The zero-order valence-corrected chi connectivity index (χ0v) is 19.3. The summed E-state index contributed by atoms with van der Waals surface area (Å²) in [6, 6.07) is 15.1. The minimum absolute atomic E-state index is 0.233. The first-order valence-corrected chi connectivity index (χ1v) is 10.6. The van der Waals surface area contributed by atoms with Gasteiger partial charge in [-0.25, -0.2) is 0 Å². The molecule has 1 atom stereocenters. The van der Waals surface area contributed by atoms with Crippen molar-refractivity contribution >= 4 is 5.78 Å². The fourth-order valence-corrected chi connectivity index (χ4v) is 4.14. The number of methoxy groups -OCH3 is 1. The summed E-state index contributed by atoms with van der Waals surface area (Å²) < 4.78 is 5.36. The Hall–Kier alpha value is -2.13. The van der Waals surface area contributed by atoms with Crippen LogP contribution in [0.4, 0.5) is 0 Å². The Bertz CT molecular complexity index is 831. The van der Waals surface area contributed by atoms with Crippen LogP contribution in [0.5, 0.6) is 5.75 Å². The first-order valence-electron chi connectivity index (χ1n) is 10.6. The van der Waals surface area contributed by atoms with Gasteiger partial charge in [0.15, 0.2) is 5.78 Å². The minimum Gasteiger partial charge on any atom is -0.497 e. The fraction of sp³-hybridized carbons (Fsp3) is 0.500. The van der Waals surface area contributed by atoms with Crippen molar-refractivity contribution in [3.05, 3.63) is 53.6 Å². The van der Waals surface area contributed by atoms with Gasteiger partial charge in [0.25, 0.3) is 0 Å². The number of ether oxygens (including phenoxy) is 1. The van der Waals surface area contributed by atoms with Gasteiger partial charge in [-0.3, -0.25) is 4.79 Å². The molecule has 29 heavy (non-hydrogen) atoms. The van der Waals surface area contributed by atoms with Gasteiger partial charge in [-0.15, -0.1) is 0 Å². The van der Waals surface area contributed by atoms with E-state index in [1.165, 1.54) is 16.7 Å². The van der Waals surface area contributed by atoms with Crippen molar-refractivity contribution in [2.75, 3.05) is 7.11 Å². The van der Waals surface area contributed by atoms with E-state index in [4.69, 9.17) is 4.74 Å². The molecule has 0 bridgehead atoms. The van der Waals surface area contributed by atoms with Gasteiger partial charge in [0.1, 0.15) is 5.75 Å². The summed E-state index contributed by atoms with van der Waals surface area (Å²) in [4.78, 5) is 13.2. The predicted molar refractivity (Wildman–Crippen MR) is 123 cm³/mol. The average molecular weight is 396 g/mol. The second-order valence-corrected chi connectivity index (χ2v) is 9.46. The molecule has 0 aliphatic heterocycles. The Morgan fingerprint density at radius 3 is 2.14 bits per heavy atom. The molecule has 0 saturated carbocycles. The molecule has 0 amide bonds. The molecule has 3 heteroatoms. The van der Waals surface area contributed by atoms with Crippen LogP contribution in [0.15, 0.2) is 42.5 Å². The van der Waals surface area contributed by atoms with E-state index >= 15 is 0 Å². The number of carbonyl (C=O) groups is 1. The van der Waals surface area contributed by atoms with Crippen molar-refractivity contribution in [2.45, 2.75) is 72.9 Å². The summed E-state index contributed by atoms with van der Waals surface area (Å²) in [6.45, 7) is 14.4. The fourth-order valence-electron chi connectivity index (χ4n) is 4.14. The lowest BCUT2D eigenvalue weighted by Gasteiger charge is -2.37. The molecule has 0 fully saturated rings. The topological polar surface area (TPSA) is 38.3 Å². The number of ketones is 1. The van der Waals surface area contributed by atoms with E-state index in [9.17, 15) is 4.79 Å². The zero-order valence-electron chi connectivity index (χ0n) is 19.3. The van der Waals surface area contributed by atoms with Gasteiger partial charge >= 0.3 is 0 Å². The molecule has 0 aliphatic carbocycles. The molecule has 0 aliphatic rings. The molecule has 0 heterocycles. The van der Waals surface area contributed by atoms with E-state index in [2.05, 4.69) is 62.5 Å². The number of rotatable bonds is 8. The van der Waals surface area contributed by atoms with Crippen molar-refractivity contribution < 1.29 is 9.53 Å². The maximum atomic E-state index is 13.2. The Labute approximate surface area is 176 Å². The van der Waals surface area contributed by atoms with Crippen LogP contribution in [0, 0.1) is 5.41 Å². The summed E-state index contributed by atoms with van der Waals surface area (Å²) in [6.07, 6.45) is 1.62. The summed E-state index contributed by atoms with van der Waals surface area (Å²) in [7, 11) is 1.70. The molecular weight excluding hydrogens is 358 g/mol. The lowest BCUT2D eigenvalue weighted by molar-refractivity contribution is -0.132. The third-order valence-electron chi connectivity index (χ3n) is 5.31. The van der Waals surface area contributed by atoms with E-state index in [-0.39, 0.29) is 11.8 Å². The van der Waals surface area contributed by atoms with Gasteiger partial charge in [-0.1, -0.05) is 58.0 Å². The number of aryl methyl sites for hydroxylation is 1. The third kappa shape index (κ3) is 5.70. The first kappa shape index (κ1) is 23.2. The van der Waals surface area contributed by atoms with E-state index < -0.39 is 11.0 Å². The van der Waals surface area contributed by atoms with Crippen LogP contribution < -0.4 is 10.1 Å². The molecule has 1 N–H and O–H groups in total. The second-order valence-electron chi connectivity index (χ2n) is 9.46. The lowest BCUT2D eigenvalue weighted by Crippen LogP contribution is -2.57. The predicted octanol–water partition coefficient (Wildman–Crippen LogP) is 5.84. The smallest absolute Gasteiger partial charge is 0.158 e. The molecular formula is C26H37NO2. The Balaban J connectivity index is 2.32. The van der Waals surface area contributed by atoms with Crippen molar-refractivity contribution in [3.8, 4) is 16.9 Å². The number of carbonyl (C=O) groups excluding carboxylic acids is 1. The number of benzene rings is 2. The maximum absolute atomic E-state index is 13.2. The minimum atomic E-state index is -0.595. The molecule has 0 radical (unpaired) electrons. The highest BCUT2D eigenvalue weighted by Crippen LogP contribution is 2.30. The summed E-state index contributed by atoms with van der Waals surface area (Å²) in [5, 5.41) is 3.52. The normalized spacial score (nSPS) is 14.0. The number of hydrogen-bond donors (Lipinski definition) is 1. The molecule has 0 spiro atoms. The van der Waals surface area contributed by atoms with Gasteiger partial charge in [-0.2, -0.15) is 0 Å². The Kier molecular flexibility index (Phi) is 7.29. The van der Waals surface area contributed by atoms with E-state index in [0.29, 0.717) is 6.42 Å². The molecule has 2 rings (SSSR count). The van der Waals surface area contributed by atoms with Crippen LogP contribution in [0.25, 0.3) is 11.1 Å². The number of Topliss-reactive ketones (excluding diaryl/α,β-unsaturated/α-hetero) is 1. The highest BCUT2D eigenvalue weighted by Gasteiger charge is 2.40. The highest BCUT2D eigenvalue weighted by molar-refractivity contribution is 5.92. The molecule has 2 aromatic carbocycles. The summed E-state index contributed by atoms with van der Waals surface area (Å²) in [5.41, 5.74) is 3.86. The van der Waals surface area contributed by atoms with Crippen molar-refractivity contribution in [1.29, 1.82) is 0 Å². The Morgan fingerprint density at radius 2 is 1.66 bits per heavy atom. The summed E-state index contributed by atoms with van der Waals surface area (Å²) >= 11 is 0. The van der Waals surface area contributed by atoms with Crippen molar-refractivity contribution in [2.24, 2.45) is 5.41 Å². The second kappa shape index (κ2) is 9.13. The van der Waals surface area contributed by atoms with Gasteiger partial charge in [0.2, 0.25) is 0 Å². The van der Waals surface area contributed by atoms with Crippen LogP contribution in [-0.4, -0.2) is 24.5 Å². The molecule has 3 nitrogen and oxygen atoms in total. The van der Waals surface area contributed by atoms with Gasteiger partial charge in [0, 0.05) is 11.5 Å². The third-order valence-corrected chi connectivity index (χ3v) is 5.31. The lowest BCUT2D eigenvalue weighted by atomic mass is 9.75. The number of hydrogen-bond acceptors (Lipinski definition) is 3. The summed E-state index contributed by atoms with van der Waals surface area (Å²) in [5.74, 6) is 1.13. The molecule has 0 aromatic heterocycles. The molecule has 158 valence electrons. The van der Waals surface area contributed by atoms with Crippen molar-refractivity contribution in [1.82, 2.24) is 5.32 Å². The van der Waals surface area contributed by atoms with E-state index in [1.54, 1.807) is 7.11 Å². The maximum Gasteiger partial charge on any atom is 0.158 e. The Morgan fingerprint density at radius 1 is 1.03 bits per heavy atom. The zero-order chi connectivity index (χ0) is 21.8. The van der Waals surface area contributed by atoms with Crippen molar-refractivity contribution in [3.63, 3.8) is 0 Å². The van der Waals surface area contributed by atoms with Crippen LogP contribution >= 0.6 is 0 Å². The van der Waals surface area contributed by atoms with Gasteiger partial charge in [-0.05, 0) is 68.0 Å². The molecule has 2 aromatic rings. The van der Waals surface area contributed by atoms with E-state index in [1.807, 2.05) is 33.8 Å². The molecule has 0 saturated heterocycles. The number of nitrogens with one attached hydrogen (secondary N) is 1. The largest absolute Gasteiger partial charge is 0.497 e. The molecule has 1 unspecified atom stereocenters.